The first-order valence-electron chi connectivity index (χ1n) is 9.28. The van der Waals surface area contributed by atoms with Gasteiger partial charge < -0.3 is 21.3 Å². The van der Waals surface area contributed by atoms with E-state index in [0.717, 1.165) is 16.9 Å². The van der Waals surface area contributed by atoms with Gasteiger partial charge in [-0.15, -0.1) is 0 Å². The molecule has 148 valence electrons. The zero-order valence-electron chi connectivity index (χ0n) is 16.5. The SMILES string of the molecule is CN(C)c1ccc(NC(=O)C(Nc2cccc(C(=N)N)c2)c2ccccc2)cc1. The highest BCUT2D eigenvalue weighted by molar-refractivity contribution is 5.98. The largest absolute Gasteiger partial charge is 0.384 e. The van der Waals surface area contributed by atoms with Gasteiger partial charge in [-0.05, 0) is 42.0 Å². The number of nitrogens with two attached hydrogens (primary N) is 1. The first kappa shape index (κ1) is 19.9. The van der Waals surface area contributed by atoms with E-state index >= 15 is 0 Å². The van der Waals surface area contributed by atoms with Crippen LogP contribution in [0.25, 0.3) is 0 Å². The summed E-state index contributed by atoms with van der Waals surface area (Å²) in [6.07, 6.45) is 0. The summed E-state index contributed by atoms with van der Waals surface area (Å²) >= 11 is 0. The summed E-state index contributed by atoms with van der Waals surface area (Å²) in [5.74, 6) is -0.197. The summed E-state index contributed by atoms with van der Waals surface area (Å²) < 4.78 is 0. The predicted octanol–water partition coefficient (Wildman–Crippen LogP) is 3.83. The number of amidine groups is 1. The van der Waals surface area contributed by atoms with Gasteiger partial charge >= 0.3 is 0 Å². The number of nitrogens with one attached hydrogen (secondary N) is 3. The van der Waals surface area contributed by atoms with Crippen LogP contribution in [0.15, 0.2) is 78.9 Å². The summed E-state index contributed by atoms with van der Waals surface area (Å²) in [7, 11) is 3.94. The first-order valence-corrected chi connectivity index (χ1v) is 9.28. The van der Waals surface area contributed by atoms with Gasteiger partial charge in [0.15, 0.2) is 0 Å². The molecule has 29 heavy (non-hydrogen) atoms. The third-order valence-corrected chi connectivity index (χ3v) is 4.53. The van der Waals surface area contributed by atoms with Crippen molar-refractivity contribution in [2.75, 3.05) is 29.6 Å². The van der Waals surface area contributed by atoms with Gasteiger partial charge in [0.2, 0.25) is 0 Å². The van der Waals surface area contributed by atoms with E-state index in [1.165, 1.54) is 0 Å². The number of anilines is 3. The van der Waals surface area contributed by atoms with Crippen LogP contribution >= 0.6 is 0 Å². The molecule has 5 N–H and O–H groups in total. The fraction of sp³-hybridized carbons (Fsp3) is 0.130. The molecule has 1 unspecified atom stereocenters. The van der Waals surface area contributed by atoms with Gasteiger partial charge in [-0.2, -0.15) is 0 Å². The number of hydrogen-bond acceptors (Lipinski definition) is 4. The van der Waals surface area contributed by atoms with Crippen molar-refractivity contribution in [3.8, 4) is 0 Å². The van der Waals surface area contributed by atoms with Crippen molar-refractivity contribution in [2.45, 2.75) is 6.04 Å². The van der Waals surface area contributed by atoms with E-state index in [0.29, 0.717) is 11.3 Å². The summed E-state index contributed by atoms with van der Waals surface area (Å²) in [5, 5.41) is 13.9. The Labute approximate surface area is 170 Å². The monoisotopic (exact) mass is 387 g/mol. The molecule has 0 spiro atoms. The number of carbonyl (C=O) groups excluding carboxylic acids is 1. The Balaban J connectivity index is 1.84. The minimum absolute atomic E-state index is 0.0182. The molecule has 0 radical (unpaired) electrons. The number of carbonyl (C=O) groups is 1. The van der Waals surface area contributed by atoms with Crippen LogP contribution in [0.2, 0.25) is 0 Å². The zero-order valence-corrected chi connectivity index (χ0v) is 16.5. The number of benzene rings is 3. The summed E-state index contributed by atoms with van der Waals surface area (Å²) in [4.78, 5) is 15.1. The summed E-state index contributed by atoms with van der Waals surface area (Å²) in [6, 6.07) is 23.8. The Morgan fingerprint density at radius 3 is 2.24 bits per heavy atom. The summed E-state index contributed by atoms with van der Waals surface area (Å²) in [6.45, 7) is 0. The van der Waals surface area contributed by atoms with E-state index in [9.17, 15) is 4.79 Å². The molecule has 0 aliphatic carbocycles. The van der Waals surface area contributed by atoms with Crippen molar-refractivity contribution in [3.63, 3.8) is 0 Å². The fourth-order valence-corrected chi connectivity index (χ4v) is 2.95. The molecule has 0 aliphatic heterocycles. The molecule has 1 atom stereocenters. The highest BCUT2D eigenvalue weighted by atomic mass is 16.2. The lowest BCUT2D eigenvalue weighted by Gasteiger charge is -2.21. The lowest BCUT2D eigenvalue weighted by atomic mass is 10.0. The first-order chi connectivity index (χ1) is 13.9. The molecule has 0 bridgehead atoms. The molecule has 3 aromatic rings. The van der Waals surface area contributed by atoms with Crippen LogP contribution < -0.4 is 21.3 Å². The van der Waals surface area contributed by atoms with Gasteiger partial charge in [0.05, 0.1) is 0 Å². The van der Waals surface area contributed by atoms with Crippen LogP contribution in [0.5, 0.6) is 0 Å². The highest BCUT2D eigenvalue weighted by Gasteiger charge is 2.21. The summed E-state index contributed by atoms with van der Waals surface area (Å²) in [5.41, 5.74) is 9.52. The van der Waals surface area contributed by atoms with E-state index in [4.69, 9.17) is 11.1 Å². The smallest absolute Gasteiger partial charge is 0.251 e. The zero-order chi connectivity index (χ0) is 20.8. The number of nitrogens with zero attached hydrogens (tertiary/aromatic N) is 1. The molecule has 3 aromatic carbocycles. The van der Waals surface area contributed by atoms with Crippen LogP contribution in [-0.4, -0.2) is 25.8 Å². The van der Waals surface area contributed by atoms with Crippen molar-refractivity contribution in [3.05, 3.63) is 90.0 Å². The van der Waals surface area contributed by atoms with Gasteiger partial charge in [-0.1, -0.05) is 42.5 Å². The number of amides is 1. The van der Waals surface area contributed by atoms with Gasteiger partial charge in [0.25, 0.3) is 5.91 Å². The third kappa shape index (κ3) is 5.13. The molecule has 6 nitrogen and oxygen atoms in total. The van der Waals surface area contributed by atoms with Crippen molar-refractivity contribution < 1.29 is 4.79 Å². The molecular weight excluding hydrogens is 362 g/mol. The maximum Gasteiger partial charge on any atom is 0.251 e. The number of nitrogen functional groups attached to an aromatic ring is 1. The molecule has 0 heterocycles. The van der Waals surface area contributed by atoms with Crippen LogP contribution in [0.4, 0.5) is 17.1 Å². The average Bonchev–Trinajstić information content (AvgIpc) is 2.73. The molecular formula is C23H25N5O. The average molecular weight is 387 g/mol. The van der Waals surface area contributed by atoms with Crippen LogP contribution in [0.1, 0.15) is 17.2 Å². The molecule has 6 heteroatoms. The second-order valence-electron chi connectivity index (χ2n) is 6.91. The third-order valence-electron chi connectivity index (χ3n) is 4.53. The van der Waals surface area contributed by atoms with Gasteiger partial charge in [0.1, 0.15) is 11.9 Å². The quantitative estimate of drug-likeness (QED) is 0.366. The van der Waals surface area contributed by atoms with E-state index in [1.807, 2.05) is 79.7 Å². The second-order valence-corrected chi connectivity index (χ2v) is 6.91. The molecule has 0 aromatic heterocycles. The number of rotatable bonds is 7. The van der Waals surface area contributed by atoms with Crippen molar-refractivity contribution in [2.24, 2.45) is 5.73 Å². The molecule has 0 fully saturated rings. The van der Waals surface area contributed by atoms with Crippen LogP contribution in [-0.2, 0) is 4.79 Å². The number of hydrogen-bond donors (Lipinski definition) is 4. The van der Waals surface area contributed by atoms with Crippen molar-refractivity contribution in [1.29, 1.82) is 5.41 Å². The molecule has 3 rings (SSSR count). The lowest BCUT2D eigenvalue weighted by molar-refractivity contribution is -0.117. The minimum Gasteiger partial charge on any atom is -0.384 e. The van der Waals surface area contributed by atoms with Gasteiger partial charge in [-0.25, -0.2) is 0 Å². The standard InChI is InChI=1S/C23H25N5O/c1-28(2)20-13-11-18(12-14-20)27-23(29)21(16-7-4-3-5-8-16)26-19-10-6-9-17(15-19)22(24)25/h3-15,21,26H,1-2H3,(H3,24,25)(H,27,29). The normalized spacial score (nSPS) is 11.4. The van der Waals surface area contributed by atoms with Crippen LogP contribution in [0.3, 0.4) is 0 Å². The Bertz CT molecular complexity index is 984. The Morgan fingerprint density at radius 1 is 0.931 bits per heavy atom. The van der Waals surface area contributed by atoms with E-state index in [1.54, 1.807) is 18.2 Å². The fourth-order valence-electron chi connectivity index (χ4n) is 2.95. The Morgan fingerprint density at radius 2 is 1.62 bits per heavy atom. The topological polar surface area (TPSA) is 94.2 Å². The molecule has 0 saturated carbocycles. The second kappa shape index (κ2) is 8.93. The van der Waals surface area contributed by atoms with Gasteiger partial charge in [-0.3, -0.25) is 10.2 Å². The molecule has 0 saturated heterocycles. The predicted molar refractivity (Wildman–Crippen MR) is 120 cm³/mol. The van der Waals surface area contributed by atoms with Crippen LogP contribution in [0, 0.1) is 5.41 Å². The lowest BCUT2D eigenvalue weighted by Crippen LogP contribution is -2.27. The maximum absolute atomic E-state index is 13.1. The van der Waals surface area contributed by atoms with E-state index in [2.05, 4.69) is 10.6 Å². The Hall–Kier alpha value is -3.80. The van der Waals surface area contributed by atoms with E-state index in [-0.39, 0.29) is 11.7 Å². The van der Waals surface area contributed by atoms with Crippen molar-refractivity contribution in [1.82, 2.24) is 0 Å². The maximum atomic E-state index is 13.1. The van der Waals surface area contributed by atoms with Gasteiger partial charge in [0, 0.05) is 36.7 Å². The molecule has 0 aliphatic rings. The Kier molecular flexibility index (Phi) is 6.14. The minimum atomic E-state index is -0.605. The highest BCUT2D eigenvalue weighted by Crippen LogP contribution is 2.23. The van der Waals surface area contributed by atoms with Crippen molar-refractivity contribution >= 4 is 28.8 Å². The van der Waals surface area contributed by atoms with E-state index < -0.39 is 6.04 Å². The molecule has 1 amide bonds.